The second kappa shape index (κ2) is 13.3. The number of amides is 2. The Morgan fingerprint density at radius 1 is 0.943 bits per heavy atom. The lowest BCUT2D eigenvalue weighted by Gasteiger charge is -2.32. The maximum Gasteiger partial charge on any atom is 0.243 e. The van der Waals surface area contributed by atoms with E-state index < -0.39 is 6.04 Å². The van der Waals surface area contributed by atoms with Crippen molar-refractivity contribution in [3.05, 3.63) is 101 Å². The molecule has 4 nitrogen and oxygen atoms in total. The number of nitrogens with one attached hydrogen (secondary N) is 1. The third-order valence-electron chi connectivity index (χ3n) is 5.37. The molecule has 0 bridgehead atoms. The molecule has 2 amide bonds. The summed E-state index contributed by atoms with van der Waals surface area (Å²) in [5, 5.41) is 3.63. The number of carbonyl (C=O) groups excluding carboxylic acids is 2. The van der Waals surface area contributed by atoms with Gasteiger partial charge in [-0.3, -0.25) is 9.59 Å². The molecule has 0 spiro atoms. The molecule has 3 aromatic carbocycles. The molecule has 1 N–H and O–H groups in total. The van der Waals surface area contributed by atoms with E-state index in [0.29, 0.717) is 17.2 Å². The lowest BCUT2D eigenvalue weighted by Crippen LogP contribution is -2.51. The van der Waals surface area contributed by atoms with E-state index in [1.165, 1.54) is 12.1 Å². The van der Waals surface area contributed by atoms with Gasteiger partial charge in [-0.15, -0.1) is 11.8 Å². The zero-order chi connectivity index (χ0) is 25.2. The molecule has 0 unspecified atom stereocenters. The molecule has 184 valence electrons. The molecular formula is C28H30ClFN2O2S. The quantitative estimate of drug-likeness (QED) is 0.314. The first-order valence-electron chi connectivity index (χ1n) is 11.6. The minimum Gasteiger partial charge on any atom is -0.352 e. The Morgan fingerprint density at radius 2 is 1.60 bits per heavy atom. The van der Waals surface area contributed by atoms with Crippen molar-refractivity contribution in [1.29, 1.82) is 0 Å². The highest BCUT2D eigenvalue weighted by Gasteiger charge is 2.30. The average Bonchev–Trinajstić information content (AvgIpc) is 2.84. The van der Waals surface area contributed by atoms with Crippen molar-refractivity contribution in [2.75, 3.05) is 5.75 Å². The molecule has 0 fully saturated rings. The third kappa shape index (κ3) is 8.71. The van der Waals surface area contributed by atoms with Crippen LogP contribution in [0.25, 0.3) is 0 Å². The van der Waals surface area contributed by atoms with E-state index in [1.807, 2.05) is 68.4 Å². The maximum absolute atomic E-state index is 13.5. The van der Waals surface area contributed by atoms with Gasteiger partial charge in [0.1, 0.15) is 11.9 Å². The van der Waals surface area contributed by atoms with Gasteiger partial charge < -0.3 is 10.2 Å². The van der Waals surface area contributed by atoms with Crippen molar-refractivity contribution in [3.63, 3.8) is 0 Å². The van der Waals surface area contributed by atoms with Gasteiger partial charge in [0.05, 0.1) is 0 Å². The molecule has 0 saturated heterocycles. The Balaban J connectivity index is 1.83. The van der Waals surface area contributed by atoms with Crippen LogP contribution in [0.2, 0.25) is 5.02 Å². The van der Waals surface area contributed by atoms with Crippen LogP contribution >= 0.6 is 23.4 Å². The molecule has 7 heteroatoms. The molecule has 0 aromatic heterocycles. The SMILES string of the molecule is CC(C)NC(=O)[C@H](Cc1ccccc1)N(Cc1ccc(F)cc1)C(=O)CCSc1ccc(Cl)cc1. The van der Waals surface area contributed by atoms with Crippen LogP contribution in [0.5, 0.6) is 0 Å². The van der Waals surface area contributed by atoms with Gasteiger partial charge in [-0.1, -0.05) is 54.1 Å². The number of nitrogens with zero attached hydrogens (tertiary/aromatic N) is 1. The molecule has 3 rings (SSSR count). The predicted octanol–water partition coefficient (Wildman–Crippen LogP) is 6.13. The summed E-state index contributed by atoms with van der Waals surface area (Å²) in [5.41, 5.74) is 1.73. The van der Waals surface area contributed by atoms with E-state index in [-0.39, 0.29) is 36.6 Å². The number of benzene rings is 3. The maximum atomic E-state index is 13.5. The van der Waals surface area contributed by atoms with Crippen LogP contribution in [0.1, 0.15) is 31.4 Å². The van der Waals surface area contributed by atoms with Crippen LogP contribution in [0.4, 0.5) is 4.39 Å². The van der Waals surface area contributed by atoms with E-state index in [1.54, 1.807) is 28.8 Å². The molecule has 0 heterocycles. The predicted molar refractivity (Wildman–Crippen MR) is 141 cm³/mol. The van der Waals surface area contributed by atoms with Gasteiger partial charge in [0.15, 0.2) is 0 Å². The van der Waals surface area contributed by atoms with Crippen molar-refractivity contribution in [2.24, 2.45) is 0 Å². The summed E-state index contributed by atoms with van der Waals surface area (Å²) in [7, 11) is 0. The van der Waals surface area contributed by atoms with Crippen molar-refractivity contribution < 1.29 is 14.0 Å². The van der Waals surface area contributed by atoms with Crippen molar-refractivity contribution in [2.45, 2.75) is 50.2 Å². The summed E-state index contributed by atoms with van der Waals surface area (Å²) >= 11 is 7.52. The molecular weight excluding hydrogens is 483 g/mol. The number of hydrogen-bond acceptors (Lipinski definition) is 3. The van der Waals surface area contributed by atoms with E-state index in [2.05, 4.69) is 5.32 Å². The van der Waals surface area contributed by atoms with Gasteiger partial charge >= 0.3 is 0 Å². The van der Waals surface area contributed by atoms with E-state index in [9.17, 15) is 14.0 Å². The first-order chi connectivity index (χ1) is 16.8. The summed E-state index contributed by atoms with van der Waals surface area (Å²) in [6, 6.07) is 22.4. The third-order valence-corrected chi connectivity index (χ3v) is 6.63. The summed E-state index contributed by atoms with van der Waals surface area (Å²) in [4.78, 5) is 29.5. The zero-order valence-electron chi connectivity index (χ0n) is 19.9. The van der Waals surface area contributed by atoms with Gasteiger partial charge in [0.25, 0.3) is 0 Å². The van der Waals surface area contributed by atoms with Gasteiger partial charge in [-0.2, -0.15) is 0 Å². The van der Waals surface area contributed by atoms with E-state index >= 15 is 0 Å². The summed E-state index contributed by atoms with van der Waals surface area (Å²) < 4.78 is 13.5. The molecule has 0 aliphatic heterocycles. The van der Waals surface area contributed by atoms with E-state index in [4.69, 9.17) is 11.6 Å². The minimum atomic E-state index is -0.696. The second-order valence-electron chi connectivity index (χ2n) is 8.57. The summed E-state index contributed by atoms with van der Waals surface area (Å²) in [6.45, 7) is 4.01. The first kappa shape index (κ1) is 26.8. The van der Waals surface area contributed by atoms with Crippen molar-refractivity contribution in [1.82, 2.24) is 10.2 Å². The number of carbonyl (C=O) groups is 2. The number of halogens is 2. The topological polar surface area (TPSA) is 49.4 Å². The van der Waals surface area contributed by atoms with Gasteiger partial charge in [-0.25, -0.2) is 4.39 Å². The highest BCUT2D eigenvalue weighted by Crippen LogP contribution is 2.22. The fourth-order valence-corrected chi connectivity index (χ4v) is 4.62. The van der Waals surface area contributed by atoms with Gasteiger partial charge in [0.2, 0.25) is 11.8 Å². The Hall–Kier alpha value is -2.83. The van der Waals surface area contributed by atoms with Crippen LogP contribution in [-0.4, -0.2) is 34.6 Å². The van der Waals surface area contributed by atoms with Crippen LogP contribution in [0.15, 0.2) is 83.8 Å². The number of rotatable bonds is 11. The normalized spacial score (nSPS) is 11.8. The fourth-order valence-electron chi connectivity index (χ4n) is 3.65. The van der Waals surface area contributed by atoms with Crippen molar-refractivity contribution in [3.8, 4) is 0 Å². The smallest absolute Gasteiger partial charge is 0.243 e. The largest absolute Gasteiger partial charge is 0.352 e. The Kier molecular flexibility index (Phi) is 10.2. The van der Waals surface area contributed by atoms with Gasteiger partial charge in [-0.05, 0) is 61.4 Å². The van der Waals surface area contributed by atoms with E-state index in [0.717, 1.165) is 16.0 Å². The van der Waals surface area contributed by atoms with Crippen LogP contribution in [-0.2, 0) is 22.6 Å². The summed E-state index contributed by atoms with van der Waals surface area (Å²) in [5.74, 6) is -0.116. The Labute approximate surface area is 215 Å². The average molecular weight is 513 g/mol. The molecule has 0 saturated carbocycles. The summed E-state index contributed by atoms with van der Waals surface area (Å²) in [6.07, 6.45) is 0.644. The molecule has 35 heavy (non-hydrogen) atoms. The molecule has 1 atom stereocenters. The van der Waals surface area contributed by atoms with Gasteiger partial charge in [0, 0.05) is 41.1 Å². The zero-order valence-corrected chi connectivity index (χ0v) is 21.5. The molecule has 3 aromatic rings. The number of hydrogen-bond donors (Lipinski definition) is 1. The second-order valence-corrected chi connectivity index (χ2v) is 10.2. The Bertz CT molecular complexity index is 1090. The minimum absolute atomic E-state index is 0.0657. The standard InChI is InChI=1S/C28H30ClFN2O2S/c1-20(2)31-28(34)26(18-21-6-4-3-5-7-21)32(19-22-8-12-24(30)13-9-22)27(33)16-17-35-25-14-10-23(29)11-15-25/h3-15,20,26H,16-19H2,1-2H3,(H,31,34)/t26-/m0/s1. The van der Waals surface area contributed by atoms with Crippen LogP contribution in [0, 0.1) is 5.82 Å². The first-order valence-corrected chi connectivity index (χ1v) is 12.9. The Morgan fingerprint density at radius 3 is 2.23 bits per heavy atom. The molecule has 0 aliphatic rings. The lowest BCUT2D eigenvalue weighted by molar-refractivity contribution is -0.141. The van der Waals surface area contributed by atoms with Crippen LogP contribution in [0.3, 0.4) is 0 Å². The number of thioether (sulfide) groups is 1. The lowest BCUT2D eigenvalue weighted by atomic mass is 10.0. The molecule has 0 radical (unpaired) electrons. The molecule has 0 aliphatic carbocycles. The highest BCUT2D eigenvalue weighted by atomic mass is 35.5. The fraction of sp³-hybridized carbons (Fsp3) is 0.286. The van der Waals surface area contributed by atoms with Crippen LogP contribution < -0.4 is 5.32 Å². The highest BCUT2D eigenvalue weighted by molar-refractivity contribution is 7.99. The monoisotopic (exact) mass is 512 g/mol. The van der Waals surface area contributed by atoms with Crippen molar-refractivity contribution >= 4 is 35.2 Å².